The normalized spacial score (nSPS) is 12.0. The molecular weight excluding hydrogens is 597 g/mol. The molecule has 0 aliphatic rings. The van der Waals surface area contributed by atoms with E-state index in [9.17, 15) is 18.0 Å². The second kappa shape index (κ2) is 13.6. The van der Waals surface area contributed by atoms with Crippen LogP contribution in [-0.4, -0.2) is 51.9 Å². The Labute approximate surface area is 249 Å². The van der Waals surface area contributed by atoms with Crippen molar-refractivity contribution in [3.05, 3.63) is 86.9 Å². The summed E-state index contributed by atoms with van der Waals surface area (Å²) < 4.78 is 34.4. The molecule has 0 heterocycles. The van der Waals surface area contributed by atoms with Gasteiger partial charge in [-0.3, -0.25) is 13.9 Å². The first kappa shape index (κ1) is 31.5. The van der Waals surface area contributed by atoms with Gasteiger partial charge in [-0.1, -0.05) is 65.5 Å². The summed E-state index contributed by atoms with van der Waals surface area (Å²) >= 11 is 18.7. The van der Waals surface area contributed by atoms with Crippen molar-refractivity contribution in [2.24, 2.45) is 0 Å². The Kier molecular flexibility index (Phi) is 10.7. The summed E-state index contributed by atoms with van der Waals surface area (Å²) in [4.78, 5) is 28.2. The molecule has 40 heavy (non-hydrogen) atoms. The third-order valence-electron chi connectivity index (χ3n) is 6.29. The van der Waals surface area contributed by atoms with Crippen LogP contribution in [0.1, 0.15) is 24.5 Å². The molecule has 0 bridgehead atoms. The largest absolute Gasteiger partial charge is 0.495 e. The van der Waals surface area contributed by atoms with Crippen LogP contribution >= 0.6 is 34.8 Å². The number of rotatable bonds is 11. The Hall–Kier alpha value is -2.98. The van der Waals surface area contributed by atoms with Crippen molar-refractivity contribution >= 4 is 62.3 Å². The van der Waals surface area contributed by atoms with Crippen molar-refractivity contribution < 1.29 is 22.7 Å². The summed E-state index contributed by atoms with van der Waals surface area (Å²) in [6, 6.07) is 14.6. The van der Waals surface area contributed by atoms with Gasteiger partial charge in [-0.25, -0.2) is 8.42 Å². The van der Waals surface area contributed by atoms with E-state index < -0.39 is 34.4 Å². The molecule has 0 aliphatic heterocycles. The van der Waals surface area contributed by atoms with E-state index in [-0.39, 0.29) is 34.3 Å². The number of sulfonamides is 1. The van der Waals surface area contributed by atoms with Crippen molar-refractivity contribution in [2.75, 3.05) is 25.0 Å². The van der Waals surface area contributed by atoms with Gasteiger partial charge in [0, 0.05) is 28.7 Å². The third-order valence-corrected chi connectivity index (χ3v) is 8.88. The summed E-state index contributed by atoms with van der Waals surface area (Å²) in [5, 5.41) is 3.54. The highest BCUT2D eigenvalue weighted by atomic mass is 35.5. The van der Waals surface area contributed by atoms with Gasteiger partial charge in [-0.2, -0.15) is 0 Å². The van der Waals surface area contributed by atoms with Crippen molar-refractivity contribution in [3.8, 4) is 5.75 Å². The minimum absolute atomic E-state index is 0.0291. The average Bonchev–Trinajstić information content (AvgIpc) is 2.92. The number of carbonyl (C=O) groups excluding carboxylic acids is 2. The van der Waals surface area contributed by atoms with Gasteiger partial charge >= 0.3 is 0 Å². The predicted molar refractivity (Wildman–Crippen MR) is 159 cm³/mol. The summed E-state index contributed by atoms with van der Waals surface area (Å²) in [6.07, 6.45) is 0.266. The van der Waals surface area contributed by atoms with Gasteiger partial charge in [0.2, 0.25) is 11.8 Å². The molecule has 0 saturated carbocycles. The molecule has 0 radical (unpaired) electrons. The smallest absolute Gasteiger partial charge is 0.264 e. The molecule has 0 unspecified atom stereocenters. The lowest BCUT2D eigenvalue weighted by atomic mass is 10.1. The number of ether oxygens (including phenoxy) is 1. The van der Waals surface area contributed by atoms with Crippen LogP contribution in [0, 0.1) is 6.92 Å². The lowest BCUT2D eigenvalue weighted by molar-refractivity contribution is -0.140. The highest BCUT2D eigenvalue weighted by Crippen LogP contribution is 2.35. The molecule has 8 nitrogen and oxygen atoms in total. The summed E-state index contributed by atoms with van der Waals surface area (Å²) in [6.45, 7) is 2.88. The molecule has 0 aliphatic carbocycles. The molecule has 0 fully saturated rings. The van der Waals surface area contributed by atoms with Crippen LogP contribution in [0.4, 0.5) is 5.69 Å². The molecule has 214 valence electrons. The summed E-state index contributed by atoms with van der Waals surface area (Å²) in [5.41, 5.74) is 1.47. The zero-order valence-corrected chi connectivity index (χ0v) is 25.5. The maximum Gasteiger partial charge on any atom is 0.264 e. The Bertz CT molecular complexity index is 1480. The van der Waals surface area contributed by atoms with Gasteiger partial charge in [0.25, 0.3) is 10.0 Å². The van der Waals surface area contributed by atoms with Crippen molar-refractivity contribution in [1.29, 1.82) is 0 Å². The van der Waals surface area contributed by atoms with Crippen LogP contribution in [0.3, 0.4) is 0 Å². The number of benzene rings is 3. The molecule has 0 spiro atoms. The quantitative estimate of drug-likeness (QED) is 0.294. The molecule has 3 aromatic rings. The molecule has 3 aromatic carbocycles. The van der Waals surface area contributed by atoms with E-state index in [4.69, 9.17) is 39.5 Å². The zero-order chi connectivity index (χ0) is 29.6. The van der Waals surface area contributed by atoms with E-state index in [1.54, 1.807) is 37.3 Å². The maximum absolute atomic E-state index is 14.0. The first-order valence-electron chi connectivity index (χ1n) is 12.3. The topological polar surface area (TPSA) is 96.0 Å². The highest BCUT2D eigenvalue weighted by Gasteiger charge is 2.35. The second-order valence-corrected chi connectivity index (χ2v) is 12.1. The highest BCUT2D eigenvalue weighted by molar-refractivity contribution is 7.92. The number of hydrogen-bond acceptors (Lipinski definition) is 5. The minimum atomic E-state index is -4.29. The van der Waals surface area contributed by atoms with Crippen LogP contribution in [-0.2, 0) is 26.2 Å². The number of methoxy groups -OCH3 is 1. The lowest BCUT2D eigenvalue weighted by Crippen LogP contribution is -2.51. The Morgan fingerprint density at radius 2 is 1.60 bits per heavy atom. The molecule has 0 aromatic heterocycles. The number of nitrogens with zero attached hydrogens (tertiary/aromatic N) is 2. The van der Waals surface area contributed by atoms with E-state index in [1.165, 1.54) is 49.4 Å². The minimum Gasteiger partial charge on any atom is -0.495 e. The molecule has 12 heteroatoms. The van der Waals surface area contributed by atoms with Crippen LogP contribution < -0.4 is 14.4 Å². The first-order valence-corrected chi connectivity index (χ1v) is 14.9. The third kappa shape index (κ3) is 7.20. The van der Waals surface area contributed by atoms with Gasteiger partial charge in [-0.15, -0.1) is 0 Å². The molecule has 2 amide bonds. The number of amides is 2. The molecule has 1 atom stereocenters. The van der Waals surface area contributed by atoms with Gasteiger partial charge in [-0.05, 0) is 61.4 Å². The van der Waals surface area contributed by atoms with Crippen LogP contribution in [0.25, 0.3) is 0 Å². The maximum atomic E-state index is 14.0. The van der Waals surface area contributed by atoms with E-state index in [0.717, 1.165) is 9.87 Å². The number of likely N-dealkylation sites (N-methyl/N-ethyl adjacent to an activating group) is 1. The number of aryl methyl sites for hydroxylation is 1. The van der Waals surface area contributed by atoms with Gasteiger partial charge in [0.15, 0.2) is 0 Å². The van der Waals surface area contributed by atoms with E-state index in [2.05, 4.69) is 5.32 Å². The fourth-order valence-corrected chi connectivity index (χ4v) is 6.18. The lowest BCUT2D eigenvalue weighted by Gasteiger charge is -2.33. The number of nitrogens with one attached hydrogen (secondary N) is 1. The van der Waals surface area contributed by atoms with Crippen LogP contribution in [0.2, 0.25) is 15.1 Å². The first-order chi connectivity index (χ1) is 18.9. The van der Waals surface area contributed by atoms with Gasteiger partial charge in [0.1, 0.15) is 18.3 Å². The molecular formula is C28H30Cl3N3O5S. The molecule has 1 N–H and O–H groups in total. The fraction of sp³-hybridized carbons (Fsp3) is 0.286. The Balaban J connectivity index is 2.15. The van der Waals surface area contributed by atoms with Gasteiger partial charge < -0.3 is 15.0 Å². The van der Waals surface area contributed by atoms with Crippen molar-refractivity contribution in [1.82, 2.24) is 10.2 Å². The van der Waals surface area contributed by atoms with Crippen molar-refractivity contribution in [2.45, 2.75) is 37.8 Å². The molecule has 3 rings (SSSR count). The van der Waals surface area contributed by atoms with E-state index in [1.807, 2.05) is 6.92 Å². The Morgan fingerprint density at radius 3 is 2.17 bits per heavy atom. The number of anilines is 1. The standard InChI is InChI=1S/C28H30Cl3N3O5S/c1-5-24(28(36)32-3)33(16-19-8-9-20(29)14-23(19)31)27(35)17-34(25-15-21(30)10-13-26(25)39-4)40(37,38)22-11-6-18(2)7-12-22/h6-15,24H,5,16-17H2,1-4H3,(H,32,36)/t24-/m0/s1. The van der Waals surface area contributed by atoms with Gasteiger partial charge in [0.05, 0.1) is 17.7 Å². The summed E-state index contributed by atoms with van der Waals surface area (Å²) in [5.74, 6) is -0.855. The second-order valence-electron chi connectivity index (χ2n) is 8.94. The van der Waals surface area contributed by atoms with Crippen LogP contribution in [0.15, 0.2) is 65.6 Å². The van der Waals surface area contributed by atoms with E-state index in [0.29, 0.717) is 15.6 Å². The average molecular weight is 627 g/mol. The monoisotopic (exact) mass is 625 g/mol. The zero-order valence-electron chi connectivity index (χ0n) is 22.4. The fourth-order valence-electron chi connectivity index (χ4n) is 4.13. The van der Waals surface area contributed by atoms with Crippen LogP contribution in [0.5, 0.6) is 5.75 Å². The number of halogens is 3. The van der Waals surface area contributed by atoms with E-state index >= 15 is 0 Å². The SMILES string of the molecule is CC[C@@H](C(=O)NC)N(Cc1ccc(Cl)cc1Cl)C(=O)CN(c1cc(Cl)ccc1OC)S(=O)(=O)c1ccc(C)cc1. The summed E-state index contributed by atoms with van der Waals surface area (Å²) in [7, 11) is -1.44. The molecule has 0 saturated heterocycles. The Morgan fingerprint density at radius 1 is 0.975 bits per heavy atom. The predicted octanol–water partition coefficient (Wildman–Crippen LogP) is 5.71. The van der Waals surface area contributed by atoms with Crippen molar-refractivity contribution in [3.63, 3.8) is 0 Å². The number of hydrogen-bond donors (Lipinski definition) is 1. The number of carbonyl (C=O) groups is 2.